The Morgan fingerprint density at radius 3 is 2.86 bits per heavy atom. The number of hydrogen-bond acceptors (Lipinski definition) is 8. The lowest BCUT2D eigenvalue weighted by Crippen LogP contribution is -2.49. The SMILES string of the molecule is CO[C@H]1/C=C/C[C@H](C)CS(=O)(Nc2ncnc3nn(C)cc23)=NC(=O)c2ccc3c(c2)N(C[C@@H]2CC[C@H]21)C[C@@]1(CCCc2cc(Cl)ccc21)CO3. The number of amides is 1. The van der Waals surface area contributed by atoms with E-state index >= 15 is 0 Å². The summed E-state index contributed by atoms with van der Waals surface area (Å²) in [6.07, 6.45) is 13.3. The van der Waals surface area contributed by atoms with Crippen molar-refractivity contribution in [3.63, 3.8) is 0 Å². The Labute approximate surface area is 304 Å². The van der Waals surface area contributed by atoms with E-state index in [9.17, 15) is 9.00 Å². The Balaban J connectivity index is 1.22. The predicted molar refractivity (Wildman–Crippen MR) is 200 cm³/mol. The Morgan fingerprint density at radius 1 is 1.16 bits per heavy atom. The fraction of sp³-hybridized carbons (Fsp3) is 0.474. The first kappa shape index (κ1) is 34.1. The molecule has 51 heavy (non-hydrogen) atoms. The molecular formula is C38H44ClN7O4S. The van der Waals surface area contributed by atoms with Crippen molar-refractivity contribution in [2.45, 2.75) is 57.0 Å². The van der Waals surface area contributed by atoms with Crippen LogP contribution in [-0.4, -0.2) is 68.5 Å². The summed E-state index contributed by atoms with van der Waals surface area (Å²) in [5.41, 5.74) is 4.01. The number of carbonyl (C=O) groups excluding carboxylic acids is 1. The van der Waals surface area contributed by atoms with Gasteiger partial charge in [-0.3, -0.25) is 14.2 Å². The van der Waals surface area contributed by atoms with Crippen LogP contribution >= 0.6 is 11.6 Å². The number of rotatable bonds is 3. The number of hydrogen-bond donors (Lipinski definition) is 1. The largest absolute Gasteiger partial charge is 0.490 e. The van der Waals surface area contributed by atoms with E-state index in [4.69, 9.17) is 21.1 Å². The van der Waals surface area contributed by atoms with E-state index in [0.29, 0.717) is 47.3 Å². The number of benzene rings is 2. The monoisotopic (exact) mass is 729 g/mol. The Hall–Kier alpha value is -4.00. The second-order valence-electron chi connectivity index (χ2n) is 14.8. The van der Waals surface area contributed by atoms with Gasteiger partial charge in [-0.2, -0.15) is 5.10 Å². The highest BCUT2D eigenvalue weighted by molar-refractivity contribution is 7.95. The summed E-state index contributed by atoms with van der Waals surface area (Å²) in [7, 11) is 0.222. The topological polar surface area (TPSA) is 124 Å². The maximum absolute atomic E-state index is 14.8. The zero-order valence-electron chi connectivity index (χ0n) is 29.3. The second-order valence-corrected chi connectivity index (χ2v) is 17.3. The fourth-order valence-corrected chi connectivity index (χ4v) is 10.7. The molecule has 0 saturated heterocycles. The number of halogens is 1. The summed E-state index contributed by atoms with van der Waals surface area (Å²) in [5.74, 6) is 1.34. The molecule has 2 aromatic carbocycles. The quantitative estimate of drug-likeness (QED) is 0.230. The van der Waals surface area contributed by atoms with Crippen LogP contribution in [0.3, 0.4) is 0 Å². The number of fused-ring (bicyclic) bond motifs is 5. The van der Waals surface area contributed by atoms with Crippen LogP contribution in [-0.2, 0) is 33.5 Å². The number of methoxy groups -OCH3 is 1. The first-order chi connectivity index (χ1) is 24.6. The van der Waals surface area contributed by atoms with Crippen LogP contribution in [0.4, 0.5) is 11.5 Å². The number of aryl methyl sites for hydroxylation is 2. The fourth-order valence-electron chi connectivity index (χ4n) is 8.55. The average molecular weight is 730 g/mol. The molecule has 2 bridgehead atoms. The van der Waals surface area contributed by atoms with Crippen LogP contribution in [0.5, 0.6) is 5.75 Å². The number of carbonyl (C=O) groups is 1. The van der Waals surface area contributed by atoms with E-state index in [0.717, 1.165) is 61.7 Å². The zero-order valence-corrected chi connectivity index (χ0v) is 30.8. The molecule has 2 aliphatic heterocycles. The van der Waals surface area contributed by atoms with Crippen molar-refractivity contribution in [2.75, 3.05) is 42.2 Å². The molecule has 1 spiro atoms. The van der Waals surface area contributed by atoms with Gasteiger partial charge in [-0.25, -0.2) is 14.2 Å². The highest BCUT2D eigenvalue weighted by Gasteiger charge is 2.44. The molecule has 1 fully saturated rings. The van der Waals surface area contributed by atoms with Crippen molar-refractivity contribution in [3.8, 4) is 5.75 Å². The lowest BCUT2D eigenvalue weighted by Gasteiger charge is -2.46. The van der Waals surface area contributed by atoms with Crippen LogP contribution in [0.2, 0.25) is 5.02 Å². The lowest BCUT2D eigenvalue weighted by molar-refractivity contribution is 0.0131. The Bertz CT molecular complexity index is 2150. The predicted octanol–water partition coefficient (Wildman–Crippen LogP) is 6.76. The first-order valence-electron chi connectivity index (χ1n) is 17.8. The minimum atomic E-state index is -3.35. The molecule has 13 heteroatoms. The number of ether oxygens (including phenoxy) is 2. The van der Waals surface area contributed by atoms with Gasteiger partial charge in [0.1, 0.15) is 22.0 Å². The number of nitrogens with one attached hydrogen (secondary N) is 1. The van der Waals surface area contributed by atoms with Crippen LogP contribution in [0.25, 0.3) is 11.0 Å². The molecule has 2 aromatic heterocycles. The van der Waals surface area contributed by atoms with Gasteiger partial charge in [0.25, 0.3) is 5.91 Å². The zero-order chi connectivity index (χ0) is 35.3. The van der Waals surface area contributed by atoms with Crippen LogP contribution < -0.4 is 14.4 Å². The van der Waals surface area contributed by atoms with Gasteiger partial charge in [0.2, 0.25) is 0 Å². The number of nitrogens with zero attached hydrogens (tertiary/aromatic N) is 6. The van der Waals surface area contributed by atoms with E-state index < -0.39 is 15.8 Å². The summed E-state index contributed by atoms with van der Waals surface area (Å²) in [4.78, 5) is 25.2. The van der Waals surface area contributed by atoms with Crippen LogP contribution in [0, 0.1) is 17.8 Å². The Kier molecular flexibility index (Phi) is 9.04. The van der Waals surface area contributed by atoms with Crippen molar-refractivity contribution in [2.24, 2.45) is 29.2 Å². The molecule has 0 radical (unpaired) electrons. The molecule has 1 N–H and O–H groups in total. The van der Waals surface area contributed by atoms with E-state index in [2.05, 4.69) is 53.3 Å². The molecule has 6 atom stereocenters. The number of anilines is 2. The molecular weight excluding hydrogens is 686 g/mol. The van der Waals surface area contributed by atoms with E-state index in [1.807, 2.05) is 25.1 Å². The van der Waals surface area contributed by atoms with E-state index in [1.54, 1.807) is 31.1 Å². The molecule has 2 aliphatic carbocycles. The normalized spacial score (nSPS) is 30.0. The summed E-state index contributed by atoms with van der Waals surface area (Å²) < 4.78 is 36.7. The third-order valence-electron chi connectivity index (χ3n) is 11.2. The molecule has 1 amide bonds. The maximum atomic E-state index is 14.8. The summed E-state index contributed by atoms with van der Waals surface area (Å²) in [6, 6.07) is 11.8. The van der Waals surface area contributed by atoms with Gasteiger partial charge in [-0.05, 0) is 97.7 Å². The molecule has 8 rings (SSSR count). The molecule has 4 aliphatic rings. The van der Waals surface area contributed by atoms with Crippen LogP contribution in [0.15, 0.2) is 65.4 Å². The van der Waals surface area contributed by atoms with Crippen molar-refractivity contribution in [1.82, 2.24) is 19.7 Å². The van der Waals surface area contributed by atoms with Gasteiger partial charge in [0, 0.05) is 49.4 Å². The van der Waals surface area contributed by atoms with Crippen molar-refractivity contribution < 1.29 is 18.5 Å². The molecule has 268 valence electrons. The summed E-state index contributed by atoms with van der Waals surface area (Å²) in [5, 5.41) is 5.71. The highest BCUT2D eigenvalue weighted by Crippen LogP contribution is 2.47. The second kappa shape index (κ2) is 13.5. The summed E-state index contributed by atoms with van der Waals surface area (Å²) in [6.45, 7) is 4.09. The van der Waals surface area contributed by atoms with Crippen LogP contribution in [0.1, 0.15) is 60.5 Å². The van der Waals surface area contributed by atoms with Gasteiger partial charge in [-0.15, -0.1) is 4.36 Å². The van der Waals surface area contributed by atoms with Gasteiger partial charge in [0.15, 0.2) is 11.5 Å². The van der Waals surface area contributed by atoms with Crippen molar-refractivity contribution >= 4 is 50.0 Å². The highest BCUT2D eigenvalue weighted by atomic mass is 35.5. The summed E-state index contributed by atoms with van der Waals surface area (Å²) >= 11 is 6.47. The van der Waals surface area contributed by atoms with Gasteiger partial charge in [-0.1, -0.05) is 36.7 Å². The standard InChI is InChI=1S/C38H44ClN7O4S/c1-24-6-4-8-33(49-3)29-12-9-27(29)18-46-21-38(15-5-7-25-16-28(39)11-13-31(25)38)22-50-34-14-10-26(17-32(34)46)37(47)44-51(48,20-24)43-36-30-19-45(2)42-35(30)40-23-41-36/h4,8,10-11,13-14,16-17,19,23-24,27,29,33H,5-7,9,12,15,18,20-22H2,1-3H3,(H,40,41,42,43,44,47,48)/b8-4+/t24-,27-,29+,33-,38-,51?/m0/s1. The van der Waals surface area contributed by atoms with Gasteiger partial charge in [0.05, 0.1) is 29.5 Å². The molecule has 1 unspecified atom stereocenters. The van der Waals surface area contributed by atoms with E-state index in [1.165, 1.54) is 17.5 Å². The molecule has 4 aromatic rings. The molecule has 11 nitrogen and oxygen atoms in total. The lowest BCUT2D eigenvalue weighted by atomic mass is 9.68. The number of allylic oxidation sites excluding steroid dienone is 1. The van der Waals surface area contributed by atoms with Gasteiger partial charge < -0.3 is 14.4 Å². The average Bonchev–Trinajstić information content (AvgIpc) is 3.41. The smallest absolute Gasteiger partial charge is 0.286 e. The van der Waals surface area contributed by atoms with Crippen molar-refractivity contribution in [3.05, 3.63) is 82.8 Å². The molecule has 4 heterocycles. The van der Waals surface area contributed by atoms with Crippen molar-refractivity contribution in [1.29, 1.82) is 0 Å². The third kappa shape index (κ3) is 6.62. The maximum Gasteiger partial charge on any atom is 0.286 e. The van der Waals surface area contributed by atoms with E-state index in [-0.39, 0.29) is 23.2 Å². The van der Waals surface area contributed by atoms with Gasteiger partial charge >= 0.3 is 0 Å². The minimum Gasteiger partial charge on any atom is -0.490 e. The minimum absolute atomic E-state index is 0.0296. The Morgan fingerprint density at radius 2 is 2.04 bits per heavy atom. The third-order valence-corrected chi connectivity index (χ3v) is 13.4. The first-order valence-corrected chi connectivity index (χ1v) is 19.9. The number of aromatic nitrogens is 4. The molecule has 1 saturated carbocycles.